The summed E-state index contributed by atoms with van der Waals surface area (Å²) in [6.07, 6.45) is 58.9. The first kappa shape index (κ1) is 58.3. The summed E-state index contributed by atoms with van der Waals surface area (Å²) in [5, 5.41) is 23.1. The lowest BCUT2D eigenvalue weighted by Gasteiger charge is -2.20. The van der Waals surface area contributed by atoms with Crippen LogP contribution in [0.2, 0.25) is 0 Å². The minimum absolute atomic E-state index is 0.00812. The third kappa shape index (κ3) is 45.9. The Morgan fingerprint density at radius 1 is 0.450 bits per heavy atom. The summed E-state index contributed by atoms with van der Waals surface area (Å²) in [5.41, 5.74) is 0. The molecule has 6 nitrogen and oxygen atoms in total. The molecule has 0 saturated carbocycles. The Morgan fingerprint density at radius 2 is 0.783 bits per heavy atom. The third-order valence-electron chi connectivity index (χ3n) is 12.2. The molecular weight excluding hydrogens is 743 g/mol. The Morgan fingerprint density at radius 3 is 1.22 bits per heavy atom. The average Bonchev–Trinajstić information content (AvgIpc) is 3.25. The summed E-state index contributed by atoms with van der Waals surface area (Å²) in [4.78, 5) is 24.4. The Bertz CT molecular complexity index is 935. The van der Waals surface area contributed by atoms with E-state index in [1.807, 2.05) is 6.08 Å². The van der Waals surface area contributed by atoms with Gasteiger partial charge < -0.3 is 20.3 Å². The van der Waals surface area contributed by atoms with E-state index in [9.17, 15) is 19.8 Å². The van der Waals surface area contributed by atoms with E-state index in [1.54, 1.807) is 6.08 Å². The second-order valence-corrected chi connectivity index (χ2v) is 18.2. The maximum absolute atomic E-state index is 12.4. The van der Waals surface area contributed by atoms with Gasteiger partial charge in [-0.1, -0.05) is 237 Å². The second kappa shape index (κ2) is 50.0. The van der Waals surface area contributed by atoms with Crippen molar-refractivity contribution in [1.29, 1.82) is 0 Å². The van der Waals surface area contributed by atoms with Crippen LogP contribution in [0, 0.1) is 0 Å². The lowest BCUT2D eigenvalue weighted by atomic mass is 10.0. The number of ether oxygens (including phenoxy) is 1. The van der Waals surface area contributed by atoms with E-state index in [1.165, 1.54) is 212 Å². The molecule has 0 fully saturated rings. The van der Waals surface area contributed by atoms with Gasteiger partial charge in [0, 0.05) is 12.8 Å². The molecule has 3 N–H and O–H groups in total. The lowest BCUT2D eigenvalue weighted by Crippen LogP contribution is -2.45. The second-order valence-electron chi connectivity index (χ2n) is 18.2. The molecule has 2 atom stereocenters. The number of hydrogen-bond donors (Lipinski definition) is 3. The summed E-state index contributed by atoms with van der Waals surface area (Å²) >= 11 is 0. The number of nitrogens with one attached hydrogen (secondary N) is 1. The average molecular weight is 846 g/mol. The van der Waals surface area contributed by atoms with Crippen LogP contribution in [-0.2, 0) is 14.3 Å². The van der Waals surface area contributed by atoms with Gasteiger partial charge in [-0.25, -0.2) is 0 Å². The number of unbranched alkanes of at least 4 members (excludes halogenated alkanes) is 36. The highest BCUT2D eigenvalue weighted by Crippen LogP contribution is 2.16. The molecule has 6 heteroatoms. The Labute approximate surface area is 373 Å². The van der Waals surface area contributed by atoms with Crippen LogP contribution in [0.4, 0.5) is 0 Å². The zero-order valence-electron chi connectivity index (χ0n) is 40.2. The minimum Gasteiger partial charge on any atom is -0.466 e. The molecule has 0 rings (SSSR count). The molecular formula is C54H103NO5. The number of carbonyl (C=O) groups excluding carboxylic acids is 2. The normalized spacial score (nSPS) is 12.8. The van der Waals surface area contributed by atoms with Crippen LogP contribution in [0.3, 0.4) is 0 Å². The van der Waals surface area contributed by atoms with Crippen LogP contribution in [0.5, 0.6) is 0 Å². The molecule has 60 heavy (non-hydrogen) atoms. The SMILES string of the molecule is CCCCC/C=C\CCCCCCCC(=O)OCCCCCCCCCCCCCCCCCCC(=O)NC(CO)C(O)/C=C/CCCCCCCCCCCCCCC. The first-order chi connectivity index (χ1) is 29.5. The number of allylic oxidation sites excluding steroid dienone is 3. The lowest BCUT2D eigenvalue weighted by molar-refractivity contribution is -0.143. The van der Waals surface area contributed by atoms with Crippen molar-refractivity contribution in [1.82, 2.24) is 5.32 Å². The molecule has 2 unspecified atom stereocenters. The number of rotatable bonds is 49. The van der Waals surface area contributed by atoms with Gasteiger partial charge in [-0.3, -0.25) is 9.59 Å². The van der Waals surface area contributed by atoms with Crippen molar-refractivity contribution in [3.8, 4) is 0 Å². The number of aliphatic hydroxyl groups is 2. The van der Waals surface area contributed by atoms with Gasteiger partial charge in [0.25, 0.3) is 0 Å². The van der Waals surface area contributed by atoms with Gasteiger partial charge in [-0.2, -0.15) is 0 Å². The largest absolute Gasteiger partial charge is 0.466 e. The highest BCUT2D eigenvalue weighted by atomic mass is 16.5. The first-order valence-corrected chi connectivity index (χ1v) is 26.6. The van der Waals surface area contributed by atoms with Gasteiger partial charge >= 0.3 is 5.97 Å². The fraction of sp³-hybridized carbons (Fsp3) is 0.889. The van der Waals surface area contributed by atoms with Crippen LogP contribution >= 0.6 is 0 Å². The third-order valence-corrected chi connectivity index (χ3v) is 12.2. The van der Waals surface area contributed by atoms with E-state index in [0.717, 1.165) is 44.9 Å². The van der Waals surface area contributed by atoms with E-state index < -0.39 is 12.1 Å². The molecule has 0 heterocycles. The van der Waals surface area contributed by atoms with Crippen LogP contribution in [0.15, 0.2) is 24.3 Å². The van der Waals surface area contributed by atoms with Crippen LogP contribution in [-0.4, -0.2) is 47.4 Å². The van der Waals surface area contributed by atoms with Crippen molar-refractivity contribution >= 4 is 11.9 Å². The van der Waals surface area contributed by atoms with E-state index in [2.05, 4.69) is 31.3 Å². The predicted molar refractivity (Wildman–Crippen MR) is 260 cm³/mol. The molecule has 0 aromatic heterocycles. The van der Waals surface area contributed by atoms with Gasteiger partial charge in [0.05, 0.1) is 25.4 Å². The van der Waals surface area contributed by atoms with Crippen molar-refractivity contribution in [3.05, 3.63) is 24.3 Å². The number of hydrogen-bond acceptors (Lipinski definition) is 5. The van der Waals surface area contributed by atoms with Gasteiger partial charge in [0.2, 0.25) is 5.91 Å². The molecule has 0 saturated heterocycles. The maximum atomic E-state index is 12.4. The molecule has 0 spiro atoms. The van der Waals surface area contributed by atoms with Crippen LogP contribution in [0.1, 0.15) is 284 Å². The van der Waals surface area contributed by atoms with E-state index in [-0.39, 0.29) is 18.5 Å². The fourth-order valence-corrected chi connectivity index (χ4v) is 8.10. The monoisotopic (exact) mass is 846 g/mol. The van der Waals surface area contributed by atoms with Crippen molar-refractivity contribution in [2.75, 3.05) is 13.2 Å². The van der Waals surface area contributed by atoms with E-state index in [4.69, 9.17) is 4.74 Å². The molecule has 1 amide bonds. The first-order valence-electron chi connectivity index (χ1n) is 26.6. The summed E-state index contributed by atoms with van der Waals surface area (Å²) in [7, 11) is 0. The summed E-state index contributed by atoms with van der Waals surface area (Å²) < 4.78 is 5.45. The predicted octanol–water partition coefficient (Wildman–Crippen LogP) is 15.9. The standard InChI is InChI=1S/C54H103NO5/c1-3-5-7-9-11-13-15-17-20-23-26-30-34-38-42-46-52(57)51(50-56)55-53(58)47-43-39-35-31-27-24-21-18-19-22-25-29-33-37-41-45-49-60-54(59)48-44-40-36-32-28-16-14-12-10-8-6-4-2/h12,14,42,46,51-52,56-57H,3-11,13,15-41,43-45,47-50H2,1-2H3,(H,55,58)/b14-12-,46-42+. The molecule has 0 aromatic carbocycles. The molecule has 0 bridgehead atoms. The number of amides is 1. The fourth-order valence-electron chi connectivity index (χ4n) is 8.10. The Kier molecular flexibility index (Phi) is 48.6. The van der Waals surface area contributed by atoms with E-state index in [0.29, 0.717) is 19.4 Å². The summed E-state index contributed by atoms with van der Waals surface area (Å²) in [6.45, 7) is 4.86. The van der Waals surface area contributed by atoms with Crippen molar-refractivity contribution < 1.29 is 24.5 Å². The van der Waals surface area contributed by atoms with Gasteiger partial charge in [-0.15, -0.1) is 0 Å². The number of aliphatic hydroxyl groups excluding tert-OH is 2. The molecule has 0 aliphatic carbocycles. The molecule has 0 aliphatic heterocycles. The van der Waals surface area contributed by atoms with Crippen molar-refractivity contribution in [3.63, 3.8) is 0 Å². The van der Waals surface area contributed by atoms with Crippen LogP contribution < -0.4 is 5.32 Å². The van der Waals surface area contributed by atoms with E-state index >= 15 is 0 Å². The highest BCUT2D eigenvalue weighted by Gasteiger charge is 2.18. The molecule has 0 radical (unpaired) electrons. The van der Waals surface area contributed by atoms with Crippen molar-refractivity contribution in [2.45, 2.75) is 296 Å². The smallest absolute Gasteiger partial charge is 0.305 e. The van der Waals surface area contributed by atoms with Gasteiger partial charge in [-0.05, 0) is 57.8 Å². The molecule has 354 valence electrons. The highest BCUT2D eigenvalue weighted by molar-refractivity contribution is 5.76. The zero-order valence-corrected chi connectivity index (χ0v) is 40.2. The summed E-state index contributed by atoms with van der Waals surface area (Å²) in [6, 6.07) is -0.632. The summed E-state index contributed by atoms with van der Waals surface area (Å²) in [5.74, 6) is -0.0825. The topological polar surface area (TPSA) is 95.9 Å². The Hall–Kier alpha value is -1.66. The van der Waals surface area contributed by atoms with Crippen molar-refractivity contribution in [2.24, 2.45) is 0 Å². The Balaban J connectivity index is 3.46. The van der Waals surface area contributed by atoms with Gasteiger partial charge in [0.15, 0.2) is 0 Å². The number of carbonyl (C=O) groups is 2. The quantitative estimate of drug-likeness (QED) is 0.0322. The maximum Gasteiger partial charge on any atom is 0.305 e. The van der Waals surface area contributed by atoms with Crippen LogP contribution in [0.25, 0.3) is 0 Å². The number of esters is 1. The van der Waals surface area contributed by atoms with Gasteiger partial charge in [0.1, 0.15) is 0 Å². The zero-order chi connectivity index (χ0) is 43.7. The minimum atomic E-state index is -0.848. The molecule has 0 aromatic rings. The molecule has 0 aliphatic rings.